The molecule has 2 rings (SSSR count). The van der Waals surface area contributed by atoms with Gasteiger partial charge >= 0.3 is 6.09 Å². The average Bonchev–Trinajstić information content (AvgIpc) is 2.77. The number of nitrogens with one attached hydrogen (secondary N) is 1. The van der Waals surface area contributed by atoms with E-state index in [9.17, 15) is 13.6 Å². The molecule has 10 heteroatoms. The summed E-state index contributed by atoms with van der Waals surface area (Å²) in [5, 5.41) is 16.3. The van der Waals surface area contributed by atoms with Gasteiger partial charge in [0.25, 0.3) is 0 Å². The summed E-state index contributed by atoms with van der Waals surface area (Å²) < 4.78 is 40.9. The van der Waals surface area contributed by atoms with Crippen molar-refractivity contribution in [3.8, 4) is 17.6 Å². The molecule has 7 nitrogen and oxygen atoms in total. The third kappa shape index (κ3) is 6.56. The second-order valence-electron chi connectivity index (χ2n) is 5.24. The van der Waals surface area contributed by atoms with E-state index in [4.69, 9.17) is 20.1 Å². The van der Waals surface area contributed by atoms with E-state index in [2.05, 4.69) is 9.73 Å². The minimum atomic E-state index is -0.856. The zero-order chi connectivity index (χ0) is 22.7. The zero-order valence-electron chi connectivity index (χ0n) is 16.7. The second kappa shape index (κ2) is 12.2. The van der Waals surface area contributed by atoms with Crippen LogP contribution in [0.4, 0.5) is 13.6 Å². The van der Waals surface area contributed by atoms with Crippen LogP contribution in [0.2, 0.25) is 0 Å². The number of carbonyl (C=O) groups is 1. The first-order valence-corrected chi connectivity index (χ1v) is 9.41. The van der Waals surface area contributed by atoms with Gasteiger partial charge in [0.05, 0.1) is 32.6 Å². The van der Waals surface area contributed by atoms with Crippen LogP contribution in [0.1, 0.15) is 11.1 Å². The van der Waals surface area contributed by atoms with Gasteiger partial charge in [-0.1, -0.05) is 12.1 Å². The summed E-state index contributed by atoms with van der Waals surface area (Å²) in [7, 11) is 3.96. The molecule has 0 bridgehead atoms. The molecule has 0 saturated heterocycles. The van der Waals surface area contributed by atoms with Crippen LogP contribution in [0, 0.1) is 28.4 Å². The van der Waals surface area contributed by atoms with Crippen molar-refractivity contribution in [2.24, 2.45) is 4.99 Å². The Hall–Kier alpha value is -3.45. The lowest BCUT2D eigenvalue weighted by atomic mass is 10.1. The number of benzene rings is 2. The van der Waals surface area contributed by atoms with E-state index in [1.54, 1.807) is 24.5 Å². The summed E-state index contributed by atoms with van der Waals surface area (Å²) in [4.78, 5) is 14.8. The summed E-state index contributed by atoms with van der Waals surface area (Å²) >= 11 is 1.03. The van der Waals surface area contributed by atoms with Gasteiger partial charge in [0, 0.05) is 11.6 Å². The van der Waals surface area contributed by atoms with Crippen molar-refractivity contribution in [3.05, 3.63) is 59.2 Å². The van der Waals surface area contributed by atoms with Crippen molar-refractivity contribution in [1.29, 1.82) is 10.7 Å². The second-order valence-corrected chi connectivity index (χ2v) is 6.04. The number of amides is 1. The Kier molecular flexibility index (Phi) is 9.99. The molecule has 0 aliphatic heterocycles. The number of halogens is 2. The SMILES string of the molecule is COC(=O)/N=C(\SC)C(=N)c1cc(OC)c(OC)cc1F.N#Cc1ccccc1F. The van der Waals surface area contributed by atoms with Crippen molar-refractivity contribution in [2.75, 3.05) is 27.6 Å². The van der Waals surface area contributed by atoms with Crippen molar-refractivity contribution in [2.45, 2.75) is 0 Å². The fourth-order valence-corrected chi connectivity index (χ4v) is 2.52. The molecule has 2 aromatic carbocycles. The molecule has 0 atom stereocenters. The summed E-state index contributed by atoms with van der Waals surface area (Å²) in [5.41, 5.74) is -0.200. The lowest BCUT2D eigenvalue weighted by molar-refractivity contribution is 0.183. The Balaban J connectivity index is 0.000000414. The van der Waals surface area contributed by atoms with E-state index >= 15 is 0 Å². The van der Waals surface area contributed by atoms with Gasteiger partial charge in [-0.15, -0.1) is 11.8 Å². The van der Waals surface area contributed by atoms with Crippen LogP contribution in [-0.2, 0) is 4.74 Å². The number of nitrogens with zero attached hydrogens (tertiary/aromatic N) is 2. The lowest BCUT2D eigenvalue weighted by Gasteiger charge is -2.12. The minimum absolute atomic E-state index is 0.0352. The predicted molar refractivity (Wildman–Crippen MR) is 111 cm³/mol. The van der Waals surface area contributed by atoms with Gasteiger partial charge in [0.15, 0.2) is 11.5 Å². The molecular weight excluding hydrogens is 416 g/mol. The molecule has 0 aliphatic rings. The van der Waals surface area contributed by atoms with Crippen LogP contribution in [-0.4, -0.2) is 44.4 Å². The number of hydrogen-bond acceptors (Lipinski definition) is 7. The minimum Gasteiger partial charge on any atom is -0.493 e. The number of aliphatic imine (C=N–C) groups is 1. The molecule has 0 saturated carbocycles. The van der Waals surface area contributed by atoms with E-state index < -0.39 is 17.7 Å². The maximum Gasteiger partial charge on any atom is 0.434 e. The van der Waals surface area contributed by atoms with E-state index in [1.807, 2.05) is 0 Å². The van der Waals surface area contributed by atoms with Gasteiger partial charge in [-0.2, -0.15) is 10.3 Å². The van der Waals surface area contributed by atoms with Gasteiger partial charge in [-0.05, 0) is 24.5 Å². The first-order valence-electron chi connectivity index (χ1n) is 8.18. The van der Waals surface area contributed by atoms with Crippen molar-refractivity contribution in [3.63, 3.8) is 0 Å². The molecule has 2 aromatic rings. The van der Waals surface area contributed by atoms with Crippen molar-refractivity contribution >= 4 is 28.6 Å². The summed E-state index contributed by atoms with van der Waals surface area (Å²) in [5.74, 6) is -0.649. The monoisotopic (exact) mass is 435 g/mol. The van der Waals surface area contributed by atoms with Gasteiger partial charge in [0.1, 0.15) is 22.7 Å². The Morgan fingerprint density at radius 3 is 2.17 bits per heavy atom. The van der Waals surface area contributed by atoms with Crippen molar-refractivity contribution in [1.82, 2.24) is 0 Å². The number of methoxy groups -OCH3 is 3. The number of carbonyl (C=O) groups excluding carboxylic acids is 1. The van der Waals surface area contributed by atoms with Crippen LogP contribution in [0.25, 0.3) is 0 Å². The predicted octanol–water partition coefficient (Wildman–Crippen LogP) is 4.44. The fourth-order valence-electron chi connectivity index (χ4n) is 2.05. The van der Waals surface area contributed by atoms with Crippen LogP contribution in [0.15, 0.2) is 41.4 Å². The van der Waals surface area contributed by atoms with Gasteiger partial charge in [-0.3, -0.25) is 5.41 Å². The van der Waals surface area contributed by atoms with Gasteiger partial charge in [0.2, 0.25) is 0 Å². The Morgan fingerprint density at radius 2 is 1.70 bits per heavy atom. The Morgan fingerprint density at radius 1 is 1.10 bits per heavy atom. The smallest absolute Gasteiger partial charge is 0.434 e. The highest BCUT2D eigenvalue weighted by Gasteiger charge is 2.19. The quantitative estimate of drug-likeness (QED) is 0.562. The Labute approximate surface area is 176 Å². The van der Waals surface area contributed by atoms with E-state index in [1.165, 1.54) is 39.5 Å². The van der Waals surface area contributed by atoms with Crippen LogP contribution < -0.4 is 9.47 Å². The van der Waals surface area contributed by atoms with Crippen LogP contribution in [0.5, 0.6) is 11.5 Å². The van der Waals surface area contributed by atoms with Crippen molar-refractivity contribution < 1.29 is 27.8 Å². The molecule has 0 spiro atoms. The van der Waals surface area contributed by atoms with E-state index in [0.717, 1.165) is 17.8 Å². The van der Waals surface area contributed by atoms with Crippen LogP contribution in [0.3, 0.4) is 0 Å². The highest BCUT2D eigenvalue weighted by molar-refractivity contribution is 8.15. The third-order valence-corrected chi connectivity index (χ3v) is 4.19. The molecule has 1 N–H and O–H groups in total. The fraction of sp³-hybridized carbons (Fsp3) is 0.200. The number of rotatable bonds is 4. The third-order valence-electron chi connectivity index (χ3n) is 3.51. The number of hydrogen-bond donors (Lipinski definition) is 1. The first kappa shape index (κ1) is 24.6. The normalized spacial score (nSPS) is 10.2. The summed E-state index contributed by atoms with van der Waals surface area (Å²) in [6, 6.07) is 10.0. The zero-order valence-corrected chi connectivity index (χ0v) is 17.5. The molecular formula is C20H19F2N3O4S. The van der Waals surface area contributed by atoms with E-state index in [0.29, 0.717) is 0 Å². The molecule has 158 valence electrons. The standard InChI is InChI=1S/C13H15FN2O4S.C7H4FN/c1-18-9-5-7(8(14)6-10(9)19-2)11(15)12(21-4)16-13(17)20-3;8-7-4-2-1-3-6(7)5-9/h5-6,15H,1-4H3;1-4H/b15-11?,16-12-;. The summed E-state index contributed by atoms with van der Waals surface area (Å²) in [6.07, 6.45) is 0.764. The molecule has 0 unspecified atom stereocenters. The maximum absolute atomic E-state index is 14.1. The maximum atomic E-state index is 14.1. The number of ether oxygens (including phenoxy) is 3. The topological polar surface area (TPSA) is 105 Å². The highest BCUT2D eigenvalue weighted by atomic mass is 32.2. The molecule has 0 aliphatic carbocycles. The van der Waals surface area contributed by atoms with Gasteiger partial charge < -0.3 is 14.2 Å². The molecule has 30 heavy (non-hydrogen) atoms. The largest absolute Gasteiger partial charge is 0.493 e. The molecule has 0 aromatic heterocycles. The molecule has 0 fully saturated rings. The van der Waals surface area contributed by atoms with Crippen LogP contribution >= 0.6 is 11.8 Å². The molecule has 0 radical (unpaired) electrons. The average molecular weight is 435 g/mol. The number of thioether (sulfide) groups is 1. The first-order chi connectivity index (χ1) is 14.3. The summed E-state index contributed by atoms with van der Waals surface area (Å²) in [6.45, 7) is 0. The molecule has 0 heterocycles. The highest BCUT2D eigenvalue weighted by Crippen LogP contribution is 2.30. The van der Waals surface area contributed by atoms with Gasteiger partial charge in [-0.25, -0.2) is 13.6 Å². The number of nitriles is 1. The Bertz CT molecular complexity index is 991. The van der Waals surface area contributed by atoms with E-state index in [-0.39, 0.29) is 33.4 Å². The lowest BCUT2D eigenvalue weighted by Crippen LogP contribution is -2.15. The molecule has 1 amide bonds.